The van der Waals surface area contributed by atoms with E-state index >= 15 is 0 Å². The fraction of sp³-hybridized carbons (Fsp3) is 0.136. The number of nitrogens with one attached hydrogen (secondary N) is 1. The molecule has 0 aliphatic heterocycles. The maximum absolute atomic E-state index is 12.6. The van der Waals surface area contributed by atoms with Gasteiger partial charge in [-0.15, -0.1) is 0 Å². The molecule has 1 amide bonds. The summed E-state index contributed by atoms with van der Waals surface area (Å²) in [7, 11) is -3.36. The van der Waals surface area contributed by atoms with E-state index < -0.39 is 9.84 Å². The number of sulfone groups is 1. The molecule has 0 saturated heterocycles. The molecule has 0 aliphatic rings. The van der Waals surface area contributed by atoms with E-state index in [1.807, 2.05) is 36.4 Å². The van der Waals surface area contributed by atoms with Gasteiger partial charge in [0.2, 0.25) is 0 Å². The molecular formula is C22H20N4O3S. The van der Waals surface area contributed by atoms with Gasteiger partial charge >= 0.3 is 0 Å². The number of carbonyl (C=O) groups excluding carboxylic acids is 1. The molecule has 0 atom stereocenters. The Kier molecular flexibility index (Phi) is 5.58. The van der Waals surface area contributed by atoms with Crippen molar-refractivity contribution in [3.05, 3.63) is 84.7 Å². The second-order valence-electron chi connectivity index (χ2n) is 6.73. The third kappa shape index (κ3) is 4.08. The molecule has 8 heteroatoms. The lowest BCUT2D eigenvalue weighted by atomic mass is 10.1. The van der Waals surface area contributed by atoms with Gasteiger partial charge < -0.3 is 5.32 Å². The molecule has 0 fully saturated rings. The number of aromatic nitrogens is 3. The molecule has 0 bridgehead atoms. The van der Waals surface area contributed by atoms with Crippen LogP contribution in [0.2, 0.25) is 0 Å². The van der Waals surface area contributed by atoms with E-state index in [0.29, 0.717) is 17.6 Å². The number of benzene rings is 2. The maximum atomic E-state index is 12.6. The van der Waals surface area contributed by atoms with Crippen LogP contribution in [0.4, 0.5) is 0 Å². The van der Waals surface area contributed by atoms with Crippen LogP contribution < -0.4 is 5.32 Å². The highest BCUT2D eigenvalue weighted by Crippen LogP contribution is 2.20. The molecular weight excluding hydrogens is 400 g/mol. The van der Waals surface area contributed by atoms with Gasteiger partial charge in [0.15, 0.2) is 15.5 Å². The summed E-state index contributed by atoms with van der Waals surface area (Å²) < 4.78 is 26.3. The lowest BCUT2D eigenvalue weighted by molar-refractivity contribution is 0.0955. The largest absolute Gasteiger partial charge is 0.352 e. The summed E-state index contributed by atoms with van der Waals surface area (Å²) in [6.07, 6.45) is 3.43. The Balaban J connectivity index is 1.43. The van der Waals surface area contributed by atoms with Gasteiger partial charge in [-0.2, -0.15) is 5.10 Å². The molecule has 2 aromatic heterocycles. The maximum Gasteiger partial charge on any atom is 0.256 e. The predicted octanol–water partition coefficient (Wildman–Crippen LogP) is 2.99. The van der Waals surface area contributed by atoms with E-state index in [1.54, 1.807) is 41.0 Å². The number of carbonyl (C=O) groups is 1. The second kappa shape index (κ2) is 8.46. The van der Waals surface area contributed by atoms with Crippen molar-refractivity contribution in [3.63, 3.8) is 0 Å². The normalized spacial score (nSPS) is 11.5. The second-order valence-corrected chi connectivity index (χ2v) is 8.84. The summed E-state index contributed by atoms with van der Waals surface area (Å²) in [5.41, 5.74) is 2.59. The Morgan fingerprint density at radius 2 is 1.67 bits per heavy atom. The molecule has 30 heavy (non-hydrogen) atoms. The molecule has 0 spiro atoms. The lowest BCUT2D eigenvalue weighted by Gasteiger charge is -2.07. The first-order valence-electron chi connectivity index (χ1n) is 9.50. The fourth-order valence-electron chi connectivity index (χ4n) is 3.18. The summed E-state index contributed by atoms with van der Waals surface area (Å²) in [6.45, 7) is 0.237. The molecule has 152 valence electrons. The number of hydrogen-bond acceptors (Lipinski definition) is 5. The summed E-state index contributed by atoms with van der Waals surface area (Å²) in [5, 5.41) is 7.08. The van der Waals surface area contributed by atoms with Crippen molar-refractivity contribution in [2.45, 2.75) is 11.3 Å². The van der Waals surface area contributed by atoms with Crippen molar-refractivity contribution in [2.24, 2.45) is 0 Å². The standard InChI is InChI=1S/C22H20N4O3S/c27-22(24-13-7-15-30(28,29)18-10-5-2-6-11-18)19-16-25-26-20(12-14-23-21(19)26)17-8-3-1-4-9-17/h1-6,8-12,14,16H,7,13,15H2,(H,24,27). The third-order valence-electron chi connectivity index (χ3n) is 4.69. The highest BCUT2D eigenvalue weighted by molar-refractivity contribution is 7.91. The molecule has 1 N–H and O–H groups in total. The highest BCUT2D eigenvalue weighted by atomic mass is 32.2. The SMILES string of the molecule is O=C(NCCCS(=O)(=O)c1ccccc1)c1cnn2c(-c3ccccc3)ccnc12. The van der Waals surface area contributed by atoms with Crippen molar-refractivity contribution in [3.8, 4) is 11.3 Å². The van der Waals surface area contributed by atoms with Gasteiger partial charge in [0.1, 0.15) is 5.56 Å². The molecule has 0 radical (unpaired) electrons. The predicted molar refractivity (Wildman–Crippen MR) is 114 cm³/mol. The minimum atomic E-state index is -3.36. The first-order valence-corrected chi connectivity index (χ1v) is 11.2. The molecule has 2 aromatic carbocycles. The Morgan fingerprint density at radius 1 is 0.967 bits per heavy atom. The van der Waals surface area contributed by atoms with Gasteiger partial charge in [-0.1, -0.05) is 48.5 Å². The Hall–Kier alpha value is -3.52. The van der Waals surface area contributed by atoms with Crippen LogP contribution in [0.15, 0.2) is 84.0 Å². The van der Waals surface area contributed by atoms with Crippen LogP contribution in [0.1, 0.15) is 16.8 Å². The third-order valence-corrected chi connectivity index (χ3v) is 6.51. The van der Waals surface area contributed by atoms with Crippen LogP contribution in [0.25, 0.3) is 16.9 Å². The zero-order chi connectivity index (χ0) is 21.0. The van der Waals surface area contributed by atoms with Crippen LogP contribution in [-0.2, 0) is 9.84 Å². The summed E-state index contributed by atoms with van der Waals surface area (Å²) >= 11 is 0. The Bertz CT molecular complexity index is 1270. The van der Waals surface area contributed by atoms with Crippen LogP contribution in [0.5, 0.6) is 0 Å². The van der Waals surface area contributed by atoms with Crippen LogP contribution in [0, 0.1) is 0 Å². The molecule has 0 saturated carbocycles. The topological polar surface area (TPSA) is 93.4 Å². The average Bonchev–Trinajstić information content (AvgIpc) is 3.22. The number of amides is 1. The van der Waals surface area contributed by atoms with E-state index in [1.165, 1.54) is 6.20 Å². The highest BCUT2D eigenvalue weighted by Gasteiger charge is 2.17. The zero-order valence-electron chi connectivity index (χ0n) is 16.1. The fourth-order valence-corrected chi connectivity index (χ4v) is 4.52. The van der Waals surface area contributed by atoms with Gasteiger partial charge in [0.05, 0.1) is 22.5 Å². The van der Waals surface area contributed by atoms with Crippen molar-refractivity contribution in [1.29, 1.82) is 0 Å². The van der Waals surface area contributed by atoms with Crippen LogP contribution in [-0.4, -0.2) is 41.2 Å². The minimum absolute atomic E-state index is 0.0392. The molecule has 2 heterocycles. The van der Waals surface area contributed by atoms with Crippen molar-refractivity contribution < 1.29 is 13.2 Å². The molecule has 7 nitrogen and oxygen atoms in total. The quantitative estimate of drug-likeness (QED) is 0.464. The monoisotopic (exact) mass is 420 g/mol. The molecule has 0 unspecified atom stereocenters. The van der Waals surface area contributed by atoms with E-state index in [2.05, 4.69) is 15.4 Å². The smallest absolute Gasteiger partial charge is 0.256 e. The van der Waals surface area contributed by atoms with E-state index in [-0.39, 0.29) is 23.1 Å². The minimum Gasteiger partial charge on any atom is -0.352 e. The number of nitrogens with zero attached hydrogens (tertiary/aromatic N) is 3. The Morgan fingerprint density at radius 3 is 2.40 bits per heavy atom. The average molecular weight is 420 g/mol. The first kappa shape index (κ1) is 19.8. The van der Waals surface area contributed by atoms with Crippen molar-refractivity contribution in [2.75, 3.05) is 12.3 Å². The Labute approximate surface area is 174 Å². The number of rotatable bonds is 7. The zero-order valence-corrected chi connectivity index (χ0v) is 16.9. The van der Waals surface area contributed by atoms with E-state index in [4.69, 9.17) is 0 Å². The van der Waals surface area contributed by atoms with Gasteiger partial charge in [0.25, 0.3) is 5.91 Å². The summed E-state index contributed by atoms with van der Waals surface area (Å²) in [5.74, 6) is -0.373. The summed E-state index contributed by atoms with van der Waals surface area (Å²) in [6, 6.07) is 19.9. The van der Waals surface area contributed by atoms with E-state index in [0.717, 1.165) is 11.3 Å². The first-order chi connectivity index (χ1) is 14.6. The van der Waals surface area contributed by atoms with Crippen molar-refractivity contribution >= 4 is 21.4 Å². The van der Waals surface area contributed by atoms with Gasteiger partial charge in [0, 0.05) is 18.3 Å². The molecule has 0 aliphatic carbocycles. The molecule has 4 aromatic rings. The van der Waals surface area contributed by atoms with Crippen LogP contribution in [0.3, 0.4) is 0 Å². The number of fused-ring (bicyclic) bond motifs is 1. The van der Waals surface area contributed by atoms with Gasteiger partial charge in [-0.05, 0) is 24.6 Å². The summed E-state index contributed by atoms with van der Waals surface area (Å²) in [4.78, 5) is 17.2. The van der Waals surface area contributed by atoms with Crippen molar-refractivity contribution in [1.82, 2.24) is 19.9 Å². The molecule has 4 rings (SSSR count). The van der Waals surface area contributed by atoms with Crippen LogP contribution >= 0.6 is 0 Å². The van der Waals surface area contributed by atoms with Gasteiger partial charge in [-0.3, -0.25) is 4.79 Å². The van der Waals surface area contributed by atoms with Gasteiger partial charge in [-0.25, -0.2) is 17.9 Å². The lowest BCUT2D eigenvalue weighted by Crippen LogP contribution is -2.26. The van der Waals surface area contributed by atoms with E-state index in [9.17, 15) is 13.2 Å². The number of hydrogen-bond donors (Lipinski definition) is 1.